The maximum atomic E-state index is 15.3. The molecule has 2 aromatic heterocycles. The van der Waals surface area contributed by atoms with Crippen molar-refractivity contribution in [3.8, 4) is 0 Å². The van der Waals surface area contributed by atoms with Crippen molar-refractivity contribution in [1.82, 2.24) is 0 Å². The van der Waals surface area contributed by atoms with E-state index in [1.54, 1.807) is 13.0 Å². The fourth-order valence-corrected chi connectivity index (χ4v) is 6.46. The largest absolute Gasteiger partial charge is 0.508 e. The molecule has 0 bridgehead atoms. The predicted molar refractivity (Wildman–Crippen MR) is 170 cm³/mol. The van der Waals surface area contributed by atoms with Crippen LogP contribution in [0.15, 0.2) is 61.4 Å². The Morgan fingerprint density at radius 1 is 0.977 bits per heavy atom. The maximum Gasteiger partial charge on any atom is 0.372 e. The van der Waals surface area contributed by atoms with E-state index >= 15 is 26.3 Å². The molecule has 2 aromatic rings. The van der Waals surface area contributed by atoms with E-state index in [1.165, 1.54) is 55.5 Å². The summed E-state index contributed by atoms with van der Waals surface area (Å²) in [5.74, 6) is -17.8. The molecule has 0 aliphatic heterocycles. The van der Waals surface area contributed by atoms with Gasteiger partial charge in [-0.05, 0) is 80.2 Å². The van der Waals surface area contributed by atoms with Gasteiger partial charge in [-0.1, -0.05) is 52.0 Å². The van der Waals surface area contributed by atoms with Gasteiger partial charge in [-0.3, -0.25) is 0 Å². The molecule has 0 radical (unpaired) electrons. The molecule has 240 valence electrons. The third kappa shape index (κ3) is 9.46. The average Bonchev–Trinajstić information content (AvgIpc) is 3.51. The van der Waals surface area contributed by atoms with Crippen molar-refractivity contribution in [1.29, 1.82) is 0 Å². The molecule has 0 amide bonds. The molecule has 0 saturated carbocycles. The fraction of sp³-hybridized carbons (Fsp3) is 0.455. The molecule has 0 aromatic carbocycles. The minimum atomic E-state index is -5.60. The second-order valence-corrected chi connectivity index (χ2v) is 12.6. The van der Waals surface area contributed by atoms with Crippen LogP contribution in [0.5, 0.6) is 0 Å². The van der Waals surface area contributed by atoms with Gasteiger partial charge in [0.15, 0.2) is 0 Å². The molecular formula is C33H42F6O2S2. The van der Waals surface area contributed by atoms with Crippen molar-refractivity contribution in [2.24, 2.45) is 0 Å². The van der Waals surface area contributed by atoms with Crippen molar-refractivity contribution < 1.29 is 36.6 Å². The summed E-state index contributed by atoms with van der Waals surface area (Å²) in [7, 11) is 0. The van der Waals surface area contributed by atoms with Gasteiger partial charge in [-0.15, -0.1) is 29.3 Å². The highest BCUT2D eigenvalue weighted by molar-refractivity contribution is 7.13. The summed E-state index contributed by atoms with van der Waals surface area (Å²) < 4.78 is 91.1. The molecule has 1 atom stereocenters. The Bertz CT molecular complexity index is 1310. The van der Waals surface area contributed by atoms with Crippen molar-refractivity contribution in [3.05, 3.63) is 92.1 Å². The van der Waals surface area contributed by atoms with Gasteiger partial charge < -0.3 is 10.2 Å². The van der Waals surface area contributed by atoms with Gasteiger partial charge in [0.05, 0.1) is 12.5 Å². The number of rotatable bonds is 14. The predicted octanol–water partition coefficient (Wildman–Crippen LogP) is 11.5. The van der Waals surface area contributed by atoms with Gasteiger partial charge in [0, 0.05) is 25.9 Å². The van der Waals surface area contributed by atoms with Crippen LogP contribution in [0.4, 0.5) is 26.3 Å². The van der Waals surface area contributed by atoms with Crippen molar-refractivity contribution in [3.63, 3.8) is 0 Å². The molecule has 0 saturated heterocycles. The van der Waals surface area contributed by atoms with Gasteiger partial charge in [0.25, 0.3) is 0 Å². The average molecular weight is 649 g/mol. The van der Waals surface area contributed by atoms with Gasteiger partial charge >= 0.3 is 17.8 Å². The summed E-state index contributed by atoms with van der Waals surface area (Å²) in [4.78, 5) is 1.93. The first-order chi connectivity index (χ1) is 19.9. The number of aryl methyl sites for hydroxylation is 2. The molecule has 10 heteroatoms. The van der Waals surface area contributed by atoms with E-state index in [4.69, 9.17) is 5.11 Å². The molecule has 1 unspecified atom stereocenters. The normalized spacial score (nSPS) is 14.3. The minimum Gasteiger partial charge on any atom is -0.508 e. The fourth-order valence-electron chi connectivity index (χ4n) is 4.25. The second-order valence-electron chi connectivity index (χ2n) is 10.1. The van der Waals surface area contributed by atoms with Crippen LogP contribution in [-0.2, 0) is 6.42 Å². The van der Waals surface area contributed by atoms with E-state index in [1.807, 2.05) is 19.9 Å². The quantitative estimate of drug-likeness (QED) is 0.0926. The first kappa shape index (κ1) is 38.5. The van der Waals surface area contributed by atoms with Crippen LogP contribution in [0.1, 0.15) is 83.5 Å². The maximum absolute atomic E-state index is 15.3. The SMILES string of the molecule is C=C/C(O)=C\C=C(/CCC)c1cc(CC(F)(F)C(F)(F)C(F)(F)C(C)c2cc(/C(C)=C/CC)sc2C)c(C)s1.C=CCO. The summed E-state index contributed by atoms with van der Waals surface area (Å²) in [6, 6.07) is 2.76. The number of allylic oxidation sites excluding steroid dienone is 6. The minimum absolute atomic E-state index is 0.0569. The van der Waals surface area contributed by atoms with Crippen LogP contribution in [0.25, 0.3) is 11.1 Å². The molecule has 0 aliphatic rings. The molecule has 0 spiro atoms. The van der Waals surface area contributed by atoms with Crippen LogP contribution in [0.3, 0.4) is 0 Å². The summed E-state index contributed by atoms with van der Waals surface area (Å²) >= 11 is 2.30. The van der Waals surface area contributed by atoms with E-state index in [0.717, 1.165) is 23.8 Å². The van der Waals surface area contributed by atoms with Crippen LogP contribution in [-0.4, -0.2) is 34.6 Å². The van der Waals surface area contributed by atoms with Crippen molar-refractivity contribution in [2.75, 3.05) is 6.61 Å². The van der Waals surface area contributed by atoms with Gasteiger partial charge in [-0.25, -0.2) is 0 Å². The first-order valence-electron chi connectivity index (χ1n) is 13.9. The van der Waals surface area contributed by atoms with E-state index in [2.05, 4.69) is 13.2 Å². The van der Waals surface area contributed by atoms with E-state index < -0.39 is 30.1 Å². The lowest BCUT2D eigenvalue weighted by molar-refractivity contribution is -0.314. The van der Waals surface area contributed by atoms with Gasteiger partial charge in [0.1, 0.15) is 5.76 Å². The Labute approximate surface area is 259 Å². The third-order valence-corrected chi connectivity index (χ3v) is 9.18. The number of hydrogen-bond acceptors (Lipinski definition) is 4. The number of alkyl halides is 6. The van der Waals surface area contributed by atoms with Gasteiger partial charge in [0.2, 0.25) is 0 Å². The molecular weight excluding hydrogens is 606 g/mol. The highest BCUT2D eigenvalue weighted by Crippen LogP contribution is 2.54. The zero-order chi connectivity index (χ0) is 33.2. The first-order valence-corrected chi connectivity index (χ1v) is 15.5. The summed E-state index contributed by atoms with van der Waals surface area (Å²) in [6.07, 6.45) is 7.98. The molecule has 2 heterocycles. The topological polar surface area (TPSA) is 40.5 Å². The molecule has 43 heavy (non-hydrogen) atoms. The van der Waals surface area contributed by atoms with Crippen LogP contribution in [0, 0.1) is 13.8 Å². The zero-order valence-corrected chi connectivity index (χ0v) is 27.2. The Kier molecular flexibility index (Phi) is 14.8. The molecule has 2 nitrogen and oxygen atoms in total. The summed E-state index contributed by atoms with van der Waals surface area (Å²) in [5, 5.41) is 17.4. The lowest BCUT2D eigenvalue weighted by atomic mass is 9.86. The molecule has 2 rings (SSSR count). The smallest absolute Gasteiger partial charge is 0.372 e. The van der Waals surface area contributed by atoms with Crippen LogP contribution >= 0.6 is 22.7 Å². The highest BCUT2D eigenvalue weighted by atomic mass is 32.1. The lowest BCUT2D eigenvalue weighted by Crippen LogP contribution is -2.57. The highest BCUT2D eigenvalue weighted by Gasteiger charge is 2.73. The van der Waals surface area contributed by atoms with Crippen molar-refractivity contribution in [2.45, 2.75) is 90.9 Å². The van der Waals surface area contributed by atoms with E-state index in [0.29, 0.717) is 44.3 Å². The number of aliphatic hydroxyl groups excluding tert-OH is 2. The third-order valence-electron chi connectivity index (χ3n) is 6.81. The van der Waals surface area contributed by atoms with Crippen LogP contribution in [0.2, 0.25) is 0 Å². The number of halogens is 6. The Hall–Kier alpha value is -2.56. The Morgan fingerprint density at radius 3 is 2.07 bits per heavy atom. The molecule has 0 fully saturated rings. The Balaban J connectivity index is 0.00000217. The number of hydrogen-bond donors (Lipinski definition) is 2. The zero-order valence-electron chi connectivity index (χ0n) is 25.5. The van der Waals surface area contributed by atoms with E-state index in [-0.39, 0.29) is 23.5 Å². The van der Waals surface area contributed by atoms with E-state index in [9.17, 15) is 5.11 Å². The summed E-state index contributed by atoms with van der Waals surface area (Å²) in [5.41, 5.74) is 1.35. The monoisotopic (exact) mass is 648 g/mol. The van der Waals surface area contributed by atoms with Crippen molar-refractivity contribution >= 4 is 33.8 Å². The second kappa shape index (κ2) is 16.5. The van der Waals surface area contributed by atoms with Crippen LogP contribution < -0.4 is 0 Å². The number of thiophene rings is 2. The molecule has 0 aliphatic carbocycles. The van der Waals surface area contributed by atoms with Gasteiger partial charge in [-0.2, -0.15) is 26.3 Å². The number of aliphatic hydroxyl groups is 2. The standard InChI is InChI=1S/C30H36F6OS2.C3H6O/c1-8-11-18(4)26-16-25(21(7)39-26)19(5)29(33,34)30(35,36)28(31,32)17-23-15-27(38-20(23)6)22(12-9-2)13-14-24(37)10-3;1-2-3-4/h10-11,13-16,19,37H,3,8-9,12,17H2,1-2,4-7H3;2,4H,1,3H2/b18-11+,22-13+,24-14+;. The summed E-state index contributed by atoms with van der Waals surface area (Å²) in [6.45, 7) is 16.3. The molecule has 2 N–H and O–H groups in total. The Morgan fingerprint density at radius 2 is 1.56 bits per heavy atom. The lowest BCUT2D eigenvalue weighted by Gasteiger charge is -2.36.